The first-order valence-corrected chi connectivity index (χ1v) is 16.6. The molecule has 258 valence electrons. The van der Waals surface area contributed by atoms with E-state index in [0.29, 0.717) is 0 Å². The average Bonchev–Trinajstić information content (AvgIpc) is 2.99. The van der Waals surface area contributed by atoms with Crippen molar-refractivity contribution < 1.29 is 36.2 Å². The van der Waals surface area contributed by atoms with Gasteiger partial charge in [0.15, 0.2) is 0 Å². The molecule has 0 unspecified atom stereocenters. The van der Waals surface area contributed by atoms with Gasteiger partial charge in [0.05, 0.1) is 13.2 Å². The monoisotopic (exact) mass is 750 g/mol. The smallest absolute Gasteiger partial charge is 0.295 e. The summed E-state index contributed by atoms with van der Waals surface area (Å²) in [4.78, 5) is 26.2. The van der Waals surface area contributed by atoms with Crippen LogP contribution in [0.2, 0.25) is 0 Å². The Hall–Kier alpha value is -3.26. The second kappa shape index (κ2) is 18.3. The standard InChI is InChI=1S/C26H32N12O8S2.2Na/c1-37(9-11-39)25-33-21(27)31-23(35-25)29-17-7-5-15(19(13-17)47(41,42)43)3-4-16-6-8-18(14-20(16)48(44,45)46)30-24-32-22(28)34-26(36-24)38(2)10-12-40;;/h3-8,13-14,39-40H,9-12H2,1-2H3,(H,41,42,43)(H,44,45,46)(H3,27,29,31,33,35)(H3,28,30,32,34,36);;. The number of hydrogen-bond acceptors (Lipinski definition) is 18. The van der Waals surface area contributed by atoms with Crippen LogP contribution in [0.5, 0.6) is 0 Å². The van der Waals surface area contributed by atoms with Crippen LogP contribution in [0.25, 0.3) is 12.2 Å². The van der Waals surface area contributed by atoms with Gasteiger partial charge in [-0.1, -0.05) is 24.3 Å². The van der Waals surface area contributed by atoms with Crippen LogP contribution in [0, 0.1) is 0 Å². The zero-order valence-electron chi connectivity index (χ0n) is 27.4. The van der Waals surface area contributed by atoms with Gasteiger partial charge < -0.3 is 42.1 Å². The van der Waals surface area contributed by atoms with Crippen LogP contribution in [-0.4, -0.2) is 166 Å². The fourth-order valence-corrected chi connectivity index (χ4v) is 5.52. The molecule has 0 atom stereocenters. The zero-order chi connectivity index (χ0) is 35.2. The second-order valence-electron chi connectivity index (χ2n) is 9.96. The number of nitrogen functional groups attached to an aromatic ring is 2. The van der Waals surface area contributed by atoms with E-state index in [2.05, 4.69) is 40.5 Å². The molecule has 2 radical (unpaired) electrons. The van der Waals surface area contributed by atoms with E-state index in [1.807, 2.05) is 0 Å². The van der Waals surface area contributed by atoms with Crippen LogP contribution in [0.15, 0.2) is 46.2 Å². The van der Waals surface area contributed by atoms with E-state index in [0.717, 1.165) is 12.1 Å². The number of aliphatic hydroxyl groups is 2. The number of likely N-dealkylation sites (N-methyl/N-ethyl adjacent to an activating group) is 2. The number of aliphatic hydroxyl groups excluding tert-OH is 2. The van der Waals surface area contributed by atoms with Crippen molar-refractivity contribution in [2.45, 2.75) is 9.79 Å². The van der Waals surface area contributed by atoms with Gasteiger partial charge in [-0.3, -0.25) is 9.11 Å². The fourth-order valence-electron chi connectivity index (χ4n) is 4.10. The van der Waals surface area contributed by atoms with E-state index in [1.165, 1.54) is 46.2 Å². The maximum Gasteiger partial charge on any atom is 0.295 e. The number of hydrogen-bond donors (Lipinski definition) is 8. The molecule has 0 aliphatic carbocycles. The van der Waals surface area contributed by atoms with Crippen LogP contribution in [0.1, 0.15) is 11.1 Å². The summed E-state index contributed by atoms with van der Waals surface area (Å²) in [5, 5.41) is 23.9. The van der Waals surface area contributed by atoms with Crippen molar-refractivity contribution in [1.29, 1.82) is 0 Å². The van der Waals surface area contributed by atoms with E-state index < -0.39 is 30.0 Å². The molecule has 20 nitrogen and oxygen atoms in total. The molecule has 4 aromatic rings. The summed E-state index contributed by atoms with van der Waals surface area (Å²) < 4.78 is 69.3. The molecule has 0 aliphatic heterocycles. The molecule has 24 heteroatoms. The molecule has 4 rings (SSSR count). The molecule has 0 fully saturated rings. The van der Waals surface area contributed by atoms with Crippen molar-refractivity contribution in [3.8, 4) is 0 Å². The van der Waals surface area contributed by atoms with Crippen molar-refractivity contribution in [3.05, 3.63) is 47.5 Å². The molecule has 50 heavy (non-hydrogen) atoms. The minimum absolute atomic E-state index is 0. The van der Waals surface area contributed by atoms with E-state index >= 15 is 0 Å². The summed E-state index contributed by atoms with van der Waals surface area (Å²) in [6.45, 7) is 0.0563. The third kappa shape index (κ3) is 11.6. The number of rotatable bonds is 14. The number of anilines is 8. The predicted molar refractivity (Wildman–Crippen MR) is 189 cm³/mol. The van der Waals surface area contributed by atoms with Gasteiger partial charge in [-0.05, 0) is 35.4 Å². The summed E-state index contributed by atoms with van der Waals surface area (Å²) in [7, 11) is -6.40. The Bertz CT molecular complexity index is 1920. The zero-order valence-corrected chi connectivity index (χ0v) is 33.1. The van der Waals surface area contributed by atoms with E-state index in [1.54, 1.807) is 14.1 Å². The molecule has 2 heterocycles. The molecule has 10 N–H and O–H groups in total. The average molecular weight is 751 g/mol. The first-order chi connectivity index (χ1) is 22.6. The van der Waals surface area contributed by atoms with Crippen molar-refractivity contribution in [2.75, 3.05) is 72.3 Å². The van der Waals surface area contributed by atoms with Gasteiger partial charge in [0.2, 0.25) is 35.7 Å². The summed E-state index contributed by atoms with van der Waals surface area (Å²) >= 11 is 0. The number of nitrogens with zero attached hydrogens (tertiary/aromatic N) is 8. The van der Waals surface area contributed by atoms with Crippen LogP contribution in [0.4, 0.5) is 47.1 Å². The van der Waals surface area contributed by atoms with Crippen LogP contribution in [0.3, 0.4) is 0 Å². The van der Waals surface area contributed by atoms with Crippen molar-refractivity contribution in [3.63, 3.8) is 0 Å². The fraction of sp³-hybridized carbons (Fsp3) is 0.231. The molecule has 2 aromatic carbocycles. The molecule has 0 bridgehead atoms. The Morgan fingerprint density at radius 2 is 1.02 bits per heavy atom. The summed E-state index contributed by atoms with van der Waals surface area (Å²) in [6, 6.07) is 7.71. The molecular formula is C26H32N12Na2O8S2. The second-order valence-corrected chi connectivity index (χ2v) is 12.7. The van der Waals surface area contributed by atoms with E-state index in [-0.39, 0.29) is 144 Å². The van der Waals surface area contributed by atoms with Crippen molar-refractivity contribution >= 4 is 139 Å². The topological polar surface area (TPSA) is 309 Å². The van der Waals surface area contributed by atoms with Gasteiger partial charge in [0.25, 0.3) is 20.2 Å². The van der Waals surface area contributed by atoms with E-state index in [4.69, 9.17) is 11.5 Å². The van der Waals surface area contributed by atoms with Gasteiger partial charge >= 0.3 is 0 Å². The SMILES string of the molecule is CN(CCO)c1nc(N)nc(Nc2ccc(C=Cc3ccc(Nc4nc(N)nc(N(C)CCO)n4)cc3S(=O)(=O)O)c(S(=O)(=O)O)c2)n1.[Na].[Na]. The number of benzene rings is 2. The number of aromatic nitrogens is 6. The summed E-state index contributed by atoms with van der Waals surface area (Å²) in [5.41, 5.74) is 11.7. The Balaban J connectivity index is 0.00000433. The quantitative estimate of drug-likeness (QED) is 0.0456. The van der Waals surface area contributed by atoms with Gasteiger partial charge in [-0.2, -0.15) is 46.7 Å². The van der Waals surface area contributed by atoms with E-state index in [9.17, 15) is 36.2 Å². The van der Waals surface area contributed by atoms with Gasteiger partial charge in [0, 0.05) is 97.7 Å². The van der Waals surface area contributed by atoms with Gasteiger partial charge in [-0.15, -0.1) is 0 Å². The molecular weight excluding hydrogens is 718 g/mol. The Labute approximate surface area is 331 Å². The predicted octanol–water partition coefficient (Wildman–Crippen LogP) is -0.533. The Kier molecular flexibility index (Phi) is 15.7. The summed E-state index contributed by atoms with van der Waals surface area (Å²) in [5.74, 6) is -0.121. The molecule has 0 aliphatic rings. The third-order valence-corrected chi connectivity index (χ3v) is 8.19. The van der Waals surface area contributed by atoms with Gasteiger partial charge in [0.1, 0.15) is 9.79 Å². The Morgan fingerprint density at radius 1 is 0.660 bits per heavy atom. The maximum atomic E-state index is 12.3. The van der Waals surface area contributed by atoms with Crippen LogP contribution in [-0.2, 0) is 20.2 Å². The largest absolute Gasteiger partial charge is 0.395 e. The molecule has 0 amide bonds. The molecule has 0 saturated heterocycles. The Morgan fingerprint density at radius 3 is 1.34 bits per heavy atom. The van der Waals surface area contributed by atoms with Crippen molar-refractivity contribution in [1.82, 2.24) is 29.9 Å². The third-order valence-electron chi connectivity index (χ3n) is 6.37. The first kappa shape index (κ1) is 42.9. The minimum atomic E-state index is -4.82. The minimum Gasteiger partial charge on any atom is -0.395 e. The normalized spacial score (nSPS) is 11.4. The van der Waals surface area contributed by atoms with Gasteiger partial charge in [-0.25, -0.2) is 0 Å². The summed E-state index contributed by atoms with van der Waals surface area (Å²) in [6.07, 6.45) is 2.45. The molecule has 2 aromatic heterocycles. The van der Waals surface area contributed by atoms with Crippen molar-refractivity contribution in [2.24, 2.45) is 0 Å². The first-order valence-electron chi connectivity index (χ1n) is 13.7. The number of nitrogens with two attached hydrogens (primary N) is 2. The molecule has 0 saturated carbocycles. The van der Waals surface area contributed by atoms with Crippen LogP contribution < -0.4 is 31.9 Å². The maximum absolute atomic E-state index is 12.3. The van der Waals surface area contributed by atoms with Crippen LogP contribution >= 0.6 is 0 Å². The molecule has 0 spiro atoms. The number of nitrogens with one attached hydrogen (secondary N) is 2.